The van der Waals surface area contributed by atoms with E-state index in [1.807, 2.05) is 54.6 Å². The molecule has 1 aliphatic carbocycles. The molecule has 0 saturated carbocycles. The van der Waals surface area contributed by atoms with Crippen molar-refractivity contribution >= 4 is 40.1 Å². The lowest BCUT2D eigenvalue weighted by atomic mass is 10.0. The number of allylic oxidation sites excluding steroid dienone is 1. The third-order valence-electron chi connectivity index (χ3n) is 4.62. The number of para-hydroxylation sites is 1. The van der Waals surface area contributed by atoms with Crippen LogP contribution in [-0.2, 0) is 11.2 Å². The molecule has 0 amide bonds. The molecule has 2 aromatic carbocycles. The van der Waals surface area contributed by atoms with E-state index in [0.717, 1.165) is 39.7 Å². The minimum Gasteiger partial charge on any atom is -0.447 e. The van der Waals surface area contributed by atoms with E-state index in [1.54, 1.807) is 0 Å². The monoisotopic (exact) mass is 374 g/mol. The number of hydrogen-bond donors (Lipinski definition) is 0. The number of fused-ring (bicyclic) bond motifs is 2. The lowest BCUT2D eigenvalue weighted by Crippen LogP contribution is -2.10. The molecule has 0 saturated heterocycles. The van der Waals surface area contributed by atoms with Gasteiger partial charge in [-0.2, -0.15) is 5.26 Å². The first-order valence-corrected chi connectivity index (χ1v) is 8.97. The van der Waals surface area contributed by atoms with E-state index in [2.05, 4.69) is 6.08 Å². The van der Waals surface area contributed by atoms with Gasteiger partial charge in [-0.25, -0.2) is 9.78 Å². The Labute approximate surface area is 161 Å². The quantitative estimate of drug-likeness (QED) is 0.601. The van der Waals surface area contributed by atoms with Crippen LogP contribution >= 0.6 is 11.6 Å². The summed E-state index contributed by atoms with van der Waals surface area (Å²) in [4.78, 5) is 17.5. The number of pyridine rings is 1. The van der Waals surface area contributed by atoms with E-state index in [1.165, 1.54) is 0 Å². The number of nitriles is 1. The molecular weight excluding hydrogens is 360 g/mol. The van der Waals surface area contributed by atoms with E-state index < -0.39 is 5.97 Å². The minimum absolute atomic E-state index is 0.266. The van der Waals surface area contributed by atoms with Crippen molar-refractivity contribution in [2.75, 3.05) is 6.61 Å². The second-order valence-electron chi connectivity index (χ2n) is 6.29. The molecule has 1 aliphatic rings. The number of halogens is 1. The van der Waals surface area contributed by atoms with E-state index in [9.17, 15) is 4.79 Å². The van der Waals surface area contributed by atoms with Crippen molar-refractivity contribution in [2.45, 2.75) is 12.8 Å². The van der Waals surface area contributed by atoms with Crippen molar-refractivity contribution in [1.29, 1.82) is 5.26 Å². The highest BCUT2D eigenvalue weighted by Crippen LogP contribution is 2.37. The summed E-state index contributed by atoms with van der Waals surface area (Å²) >= 11 is 5.96. The van der Waals surface area contributed by atoms with Crippen LogP contribution in [0.1, 0.15) is 33.6 Å². The van der Waals surface area contributed by atoms with Gasteiger partial charge in [-0.1, -0.05) is 41.9 Å². The number of esters is 1. The van der Waals surface area contributed by atoms with Crippen LogP contribution < -0.4 is 0 Å². The SMILES string of the molecule is N#CCOC(=O)c1c2c(nc3ccccc13)/C(=C/c1ccc(Cl)cc1)CC2. The molecule has 0 unspecified atom stereocenters. The Balaban J connectivity index is 1.86. The van der Waals surface area contributed by atoms with Crippen LogP contribution in [0.2, 0.25) is 5.02 Å². The number of nitrogens with zero attached hydrogens (tertiary/aromatic N) is 2. The molecule has 0 atom stereocenters. The van der Waals surface area contributed by atoms with E-state index in [-0.39, 0.29) is 6.61 Å². The molecule has 1 heterocycles. The summed E-state index contributed by atoms with van der Waals surface area (Å²) in [6.45, 7) is -0.266. The minimum atomic E-state index is -0.473. The van der Waals surface area contributed by atoms with Gasteiger partial charge in [-0.3, -0.25) is 0 Å². The molecule has 4 nitrogen and oxygen atoms in total. The normalized spacial score (nSPS) is 14.1. The highest BCUT2D eigenvalue weighted by atomic mass is 35.5. The van der Waals surface area contributed by atoms with Crippen molar-refractivity contribution in [3.05, 3.63) is 75.9 Å². The summed E-state index contributed by atoms with van der Waals surface area (Å²) in [5.41, 5.74) is 5.08. The van der Waals surface area contributed by atoms with E-state index in [4.69, 9.17) is 26.6 Å². The number of benzene rings is 2. The van der Waals surface area contributed by atoms with Crippen molar-refractivity contribution in [3.63, 3.8) is 0 Å². The van der Waals surface area contributed by atoms with Crippen LogP contribution in [0.15, 0.2) is 48.5 Å². The molecule has 0 fully saturated rings. The number of hydrogen-bond acceptors (Lipinski definition) is 4. The maximum atomic E-state index is 12.6. The summed E-state index contributed by atoms with van der Waals surface area (Å²) in [5.74, 6) is -0.473. The first-order valence-electron chi connectivity index (χ1n) is 8.59. The van der Waals surface area contributed by atoms with Crippen molar-refractivity contribution < 1.29 is 9.53 Å². The van der Waals surface area contributed by atoms with Gasteiger partial charge in [0.1, 0.15) is 6.07 Å². The van der Waals surface area contributed by atoms with Crippen LogP contribution in [0.5, 0.6) is 0 Å². The molecule has 0 bridgehead atoms. The standard InChI is InChI=1S/C22H15ClN2O2/c23-16-8-5-14(6-9-16)13-15-7-10-18-20(22(26)27-12-11-24)17-3-1-2-4-19(17)25-21(15)18/h1-6,8-9,13H,7,10,12H2/b15-13+. The second-order valence-corrected chi connectivity index (χ2v) is 6.72. The predicted molar refractivity (Wildman–Crippen MR) is 105 cm³/mol. The van der Waals surface area contributed by atoms with Gasteiger partial charge in [0.15, 0.2) is 6.61 Å². The van der Waals surface area contributed by atoms with Gasteiger partial charge in [-0.05, 0) is 53.8 Å². The lowest BCUT2D eigenvalue weighted by Gasteiger charge is -2.11. The molecule has 0 aliphatic heterocycles. The average Bonchev–Trinajstić information content (AvgIpc) is 3.08. The maximum absolute atomic E-state index is 12.6. The lowest BCUT2D eigenvalue weighted by molar-refractivity contribution is 0.0556. The van der Waals surface area contributed by atoms with Gasteiger partial charge >= 0.3 is 5.97 Å². The fourth-order valence-electron chi connectivity index (χ4n) is 3.44. The number of aromatic nitrogens is 1. The predicted octanol–water partition coefficient (Wildman–Crippen LogP) is 5.06. The van der Waals surface area contributed by atoms with Crippen LogP contribution in [0.25, 0.3) is 22.6 Å². The highest BCUT2D eigenvalue weighted by Gasteiger charge is 2.27. The Morgan fingerprint density at radius 2 is 1.96 bits per heavy atom. The number of carbonyl (C=O) groups is 1. The zero-order valence-electron chi connectivity index (χ0n) is 14.4. The molecule has 0 spiro atoms. The smallest absolute Gasteiger partial charge is 0.340 e. The Kier molecular flexibility index (Phi) is 4.62. The van der Waals surface area contributed by atoms with Gasteiger partial charge in [0, 0.05) is 10.4 Å². The van der Waals surface area contributed by atoms with Gasteiger partial charge < -0.3 is 4.74 Å². The third kappa shape index (κ3) is 3.30. The molecule has 0 N–H and O–H groups in total. The Morgan fingerprint density at radius 1 is 1.19 bits per heavy atom. The first kappa shape index (κ1) is 17.3. The maximum Gasteiger partial charge on any atom is 0.340 e. The van der Waals surface area contributed by atoms with Crippen molar-refractivity contribution in [3.8, 4) is 6.07 Å². The second kappa shape index (κ2) is 7.22. The molecule has 132 valence electrons. The molecular formula is C22H15ClN2O2. The van der Waals surface area contributed by atoms with E-state index >= 15 is 0 Å². The Morgan fingerprint density at radius 3 is 2.74 bits per heavy atom. The third-order valence-corrected chi connectivity index (χ3v) is 4.88. The molecule has 4 rings (SSSR count). The summed E-state index contributed by atoms with van der Waals surface area (Å²) in [5, 5.41) is 10.2. The van der Waals surface area contributed by atoms with Crippen molar-refractivity contribution in [2.24, 2.45) is 0 Å². The molecule has 1 aromatic heterocycles. The fourth-order valence-corrected chi connectivity index (χ4v) is 3.57. The highest BCUT2D eigenvalue weighted by molar-refractivity contribution is 6.30. The Bertz CT molecular complexity index is 1110. The number of carbonyl (C=O) groups excluding carboxylic acids is 1. The van der Waals surface area contributed by atoms with Gasteiger partial charge in [0.05, 0.1) is 16.8 Å². The molecule has 0 radical (unpaired) electrons. The largest absolute Gasteiger partial charge is 0.447 e. The number of ether oxygens (including phenoxy) is 1. The van der Waals surface area contributed by atoms with Gasteiger partial charge in [0.25, 0.3) is 0 Å². The molecule has 5 heteroatoms. The summed E-state index contributed by atoms with van der Waals surface area (Å²) < 4.78 is 5.12. The van der Waals surface area contributed by atoms with Crippen LogP contribution in [0.3, 0.4) is 0 Å². The zero-order chi connectivity index (χ0) is 18.8. The number of rotatable bonds is 3. The first-order chi connectivity index (χ1) is 13.2. The van der Waals surface area contributed by atoms with Crippen molar-refractivity contribution in [1.82, 2.24) is 4.98 Å². The molecule has 27 heavy (non-hydrogen) atoms. The summed E-state index contributed by atoms with van der Waals surface area (Å²) in [7, 11) is 0. The van der Waals surface area contributed by atoms with Crippen LogP contribution in [-0.4, -0.2) is 17.6 Å². The van der Waals surface area contributed by atoms with Crippen LogP contribution in [0.4, 0.5) is 0 Å². The molecule has 3 aromatic rings. The van der Waals surface area contributed by atoms with Gasteiger partial charge in [-0.15, -0.1) is 0 Å². The van der Waals surface area contributed by atoms with Gasteiger partial charge in [0.2, 0.25) is 0 Å². The summed E-state index contributed by atoms with van der Waals surface area (Å²) in [6.07, 6.45) is 3.58. The fraction of sp³-hybridized carbons (Fsp3) is 0.136. The summed E-state index contributed by atoms with van der Waals surface area (Å²) in [6, 6.07) is 17.0. The Hall–Kier alpha value is -3.16. The van der Waals surface area contributed by atoms with E-state index in [0.29, 0.717) is 17.0 Å². The zero-order valence-corrected chi connectivity index (χ0v) is 15.2. The van der Waals surface area contributed by atoms with Crippen LogP contribution in [0, 0.1) is 11.3 Å². The topological polar surface area (TPSA) is 63.0 Å². The average molecular weight is 375 g/mol.